The first-order chi connectivity index (χ1) is 4.63. The van der Waals surface area contributed by atoms with Gasteiger partial charge in [0, 0.05) is 0 Å². The Morgan fingerprint density at radius 3 is 1.58 bits per heavy atom. The zero-order valence-electron chi connectivity index (χ0n) is 10.3. The maximum Gasteiger partial charge on any atom is 2.00 e. The van der Waals surface area contributed by atoms with E-state index in [1.54, 1.807) is 0 Å². The molecule has 0 fully saturated rings. The zero-order valence-corrected chi connectivity index (χ0v) is 11.4. The molecule has 12 heavy (non-hydrogen) atoms. The molecule has 1 nitrogen and oxygen atoms in total. The van der Waals surface area contributed by atoms with E-state index in [9.17, 15) is 5.11 Å². The van der Waals surface area contributed by atoms with Crippen molar-refractivity contribution in [2.75, 3.05) is 0 Å². The van der Waals surface area contributed by atoms with Crippen LogP contribution in [0.2, 0.25) is 0 Å². The number of aliphatic hydroxyl groups excluding tert-OH is 1. The molecule has 0 heterocycles. The normalized spacial score (nSPS) is 14.4. The fourth-order valence-electron chi connectivity index (χ4n) is 0.675. The molecule has 0 bridgehead atoms. The number of hydrogen-bond acceptors (Lipinski definition) is 1. The van der Waals surface area contributed by atoms with Crippen LogP contribution in [0.15, 0.2) is 23.3 Å². The molecule has 1 N–H and O–H groups in total. The van der Waals surface area contributed by atoms with Crippen molar-refractivity contribution in [1.82, 2.24) is 0 Å². The Morgan fingerprint density at radius 2 is 1.42 bits per heavy atom. The van der Waals surface area contributed by atoms with Gasteiger partial charge in [0.15, 0.2) is 0 Å². The Kier molecular flexibility index (Phi) is 15.0. The smallest absolute Gasteiger partial charge is 1.00 e. The van der Waals surface area contributed by atoms with Crippen LogP contribution in [0.5, 0.6) is 0 Å². The summed E-state index contributed by atoms with van der Waals surface area (Å²) in [5.41, 5.74) is 2.02. The molecular formula is C9H19BrMgO. The molecule has 0 amide bonds. The first kappa shape index (κ1) is 18.5. The van der Waals surface area contributed by atoms with Gasteiger partial charge < -0.3 is 7.96 Å². The van der Waals surface area contributed by atoms with E-state index in [2.05, 4.69) is 0 Å². The van der Waals surface area contributed by atoms with Gasteiger partial charge in [0.25, 0.3) is 0 Å². The molecule has 0 aliphatic heterocycles. The van der Waals surface area contributed by atoms with Crippen molar-refractivity contribution in [2.24, 2.45) is 0 Å². The van der Waals surface area contributed by atoms with E-state index in [1.807, 2.05) is 39.8 Å². The molecule has 70 valence electrons. The van der Waals surface area contributed by atoms with Crippen LogP contribution in [0, 0.1) is 0 Å². The summed E-state index contributed by atoms with van der Waals surface area (Å²) >= 11 is 0. The predicted octanol–water partition coefficient (Wildman–Crippen LogP) is 2.70. The number of aliphatic hydroxyl groups is 1. The van der Waals surface area contributed by atoms with Crippen LogP contribution >= 0.6 is 17.0 Å². The van der Waals surface area contributed by atoms with E-state index in [1.165, 1.54) is 0 Å². The molecule has 3 heteroatoms. The van der Waals surface area contributed by atoms with Gasteiger partial charge in [-0.2, -0.15) is 0 Å². The molecule has 0 aromatic heterocycles. The van der Waals surface area contributed by atoms with E-state index >= 15 is 0 Å². The topological polar surface area (TPSA) is 20.2 Å². The van der Waals surface area contributed by atoms with Crippen LogP contribution in [0.25, 0.3) is 0 Å². The maximum absolute atomic E-state index is 9.45. The van der Waals surface area contributed by atoms with Gasteiger partial charge in [0.1, 0.15) is 0 Å². The third-order valence-electron chi connectivity index (χ3n) is 1.77. The summed E-state index contributed by atoms with van der Waals surface area (Å²) in [6, 6.07) is 0. The molecule has 0 aliphatic carbocycles. The molecule has 0 atom stereocenters. The van der Waals surface area contributed by atoms with Crippen LogP contribution in [-0.2, 0) is 0 Å². The molecule has 0 aromatic rings. The molecule has 0 unspecified atom stereocenters. The van der Waals surface area contributed by atoms with Crippen molar-refractivity contribution in [3.63, 3.8) is 0 Å². The Morgan fingerprint density at radius 1 is 1.17 bits per heavy atom. The standard InChI is InChI=1S/C9H16O.BrH.Mg.2H/c1-5-7(3)9(10)8(4)6-2;;;;/h5-6,9-10H,1-4H3;1H;;;/q;;+2;2*-1/b7-5+,8-6+;;;;. The van der Waals surface area contributed by atoms with Gasteiger partial charge in [0.05, 0.1) is 6.10 Å². The first-order valence-corrected chi connectivity index (χ1v) is 3.57. The minimum absolute atomic E-state index is 0. The van der Waals surface area contributed by atoms with E-state index in [0.717, 1.165) is 11.1 Å². The third kappa shape index (κ3) is 6.23. The summed E-state index contributed by atoms with van der Waals surface area (Å²) in [6.07, 6.45) is 3.48. The fourth-order valence-corrected chi connectivity index (χ4v) is 0.675. The molecule has 0 aliphatic rings. The van der Waals surface area contributed by atoms with Crippen LogP contribution in [0.3, 0.4) is 0 Å². The first-order valence-electron chi connectivity index (χ1n) is 3.57. The average molecular weight is 247 g/mol. The summed E-state index contributed by atoms with van der Waals surface area (Å²) in [4.78, 5) is 0. The van der Waals surface area contributed by atoms with E-state index in [0.29, 0.717) is 0 Å². The van der Waals surface area contributed by atoms with Crippen molar-refractivity contribution in [3.8, 4) is 0 Å². The number of allylic oxidation sites excluding steroid dienone is 2. The van der Waals surface area contributed by atoms with Crippen LogP contribution in [-0.4, -0.2) is 34.3 Å². The minimum atomic E-state index is -0.380. The summed E-state index contributed by atoms with van der Waals surface area (Å²) in [5.74, 6) is 0. The average Bonchev–Trinajstić information content (AvgIpc) is 2.00. The number of rotatable bonds is 2. The van der Waals surface area contributed by atoms with Crippen LogP contribution in [0.4, 0.5) is 0 Å². The van der Waals surface area contributed by atoms with Gasteiger partial charge in [-0.15, -0.1) is 17.0 Å². The van der Waals surface area contributed by atoms with Gasteiger partial charge in [-0.05, 0) is 38.8 Å². The summed E-state index contributed by atoms with van der Waals surface area (Å²) < 4.78 is 0. The Hall–Kier alpha value is 0.686. The van der Waals surface area contributed by atoms with Gasteiger partial charge in [-0.1, -0.05) is 12.2 Å². The largest absolute Gasteiger partial charge is 2.00 e. The molecule has 0 radical (unpaired) electrons. The van der Waals surface area contributed by atoms with Crippen molar-refractivity contribution in [3.05, 3.63) is 23.3 Å². The van der Waals surface area contributed by atoms with E-state index < -0.39 is 0 Å². The number of halogens is 1. The molecule has 0 spiro atoms. The fraction of sp³-hybridized carbons (Fsp3) is 0.556. The van der Waals surface area contributed by atoms with Gasteiger partial charge in [-0.3, -0.25) is 0 Å². The molecule has 0 rings (SSSR count). The number of hydrogen-bond donors (Lipinski definition) is 1. The van der Waals surface area contributed by atoms with Crippen molar-refractivity contribution in [2.45, 2.75) is 33.8 Å². The molecule has 0 saturated heterocycles. The summed E-state index contributed by atoms with van der Waals surface area (Å²) in [6.45, 7) is 7.72. The van der Waals surface area contributed by atoms with Crippen molar-refractivity contribution in [1.29, 1.82) is 0 Å². The Bertz CT molecular complexity index is 154. The molecular weight excluding hydrogens is 228 g/mol. The Labute approximate surface area is 105 Å². The summed E-state index contributed by atoms with van der Waals surface area (Å²) in [5, 5.41) is 9.45. The van der Waals surface area contributed by atoms with Gasteiger partial charge in [-0.25, -0.2) is 0 Å². The predicted molar refractivity (Wildman–Crippen MR) is 63.2 cm³/mol. The van der Waals surface area contributed by atoms with Crippen LogP contribution < -0.4 is 0 Å². The monoisotopic (exact) mass is 246 g/mol. The Balaban J connectivity index is -0.0000000675. The SMILES string of the molecule is Br.C/C=C(\C)C(O)/C(C)=C/C.[H-].[H-].[Mg+2]. The van der Waals surface area contributed by atoms with Crippen molar-refractivity contribution >= 4 is 40.0 Å². The second kappa shape index (κ2) is 9.77. The van der Waals surface area contributed by atoms with E-state index in [4.69, 9.17) is 0 Å². The maximum atomic E-state index is 9.45. The second-order valence-electron chi connectivity index (χ2n) is 2.47. The minimum Gasteiger partial charge on any atom is -1.00 e. The second-order valence-corrected chi connectivity index (χ2v) is 2.47. The van der Waals surface area contributed by atoms with Gasteiger partial charge in [0.2, 0.25) is 0 Å². The molecule has 0 aromatic carbocycles. The zero-order chi connectivity index (χ0) is 8.15. The van der Waals surface area contributed by atoms with Crippen LogP contribution in [0.1, 0.15) is 30.5 Å². The van der Waals surface area contributed by atoms with Crippen molar-refractivity contribution < 1.29 is 7.96 Å². The third-order valence-corrected chi connectivity index (χ3v) is 1.77. The van der Waals surface area contributed by atoms with Gasteiger partial charge >= 0.3 is 23.1 Å². The quantitative estimate of drug-likeness (QED) is 0.587. The molecule has 0 saturated carbocycles. The van der Waals surface area contributed by atoms with E-state index in [-0.39, 0.29) is 49.0 Å². The summed E-state index contributed by atoms with van der Waals surface area (Å²) in [7, 11) is 0.